The number of rotatable bonds is 3. The van der Waals surface area contributed by atoms with Gasteiger partial charge in [0.15, 0.2) is 0 Å². The van der Waals surface area contributed by atoms with E-state index in [-0.39, 0.29) is 0 Å². The summed E-state index contributed by atoms with van der Waals surface area (Å²) in [4.78, 5) is 4.24. The molecule has 3 rings (SSSR count). The zero-order chi connectivity index (χ0) is 16.2. The predicted molar refractivity (Wildman–Crippen MR) is 89.6 cm³/mol. The molecule has 112 valence electrons. The molecule has 1 N–H and O–H groups in total. The van der Waals surface area contributed by atoms with Gasteiger partial charge in [-0.05, 0) is 36.2 Å². The molecule has 3 aromatic rings. The second-order valence-corrected chi connectivity index (χ2v) is 5.51. The molecule has 1 heterocycles. The van der Waals surface area contributed by atoms with E-state index in [1.807, 2.05) is 49.4 Å². The van der Waals surface area contributed by atoms with Gasteiger partial charge in [-0.1, -0.05) is 42.0 Å². The highest BCUT2D eigenvalue weighted by molar-refractivity contribution is 5.64. The van der Waals surface area contributed by atoms with Crippen molar-refractivity contribution in [1.29, 1.82) is 5.26 Å². The van der Waals surface area contributed by atoms with Gasteiger partial charge in [0.05, 0.1) is 11.6 Å². The Balaban J connectivity index is 1.92. The van der Waals surface area contributed by atoms with Crippen molar-refractivity contribution in [3.05, 3.63) is 89.2 Å². The Kier molecular flexibility index (Phi) is 4.18. The molecule has 0 fully saturated rings. The van der Waals surface area contributed by atoms with E-state index in [4.69, 9.17) is 5.26 Å². The molecule has 0 spiro atoms. The van der Waals surface area contributed by atoms with Gasteiger partial charge in [0, 0.05) is 23.5 Å². The number of pyridine rings is 1. The Morgan fingerprint density at radius 3 is 2.26 bits per heavy atom. The molecule has 3 heteroatoms. The van der Waals surface area contributed by atoms with E-state index in [0.29, 0.717) is 5.56 Å². The third-order valence-electron chi connectivity index (χ3n) is 3.82. The molecule has 2 aromatic carbocycles. The van der Waals surface area contributed by atoms with Gasteiger partial charge in [-0.25, -0.2) is 0 Å². The predicted octanol–water partition coefficient (Wildman–Crippen LogP) is 4.01. The summed E-state index contributed by atoms with van der Waals surface area (Å²) in [6.45, 7) is 2.02. The number of nitrogens with zero attached hydrogens (tertiary/aromatic N) is 2. The summed E-state index contributed by atoms with van der Waals surface area (Å²) in [5.41, 5.74) is 5.25. The zero-order valence-electron chi connectivity index (χ0n) is 12.8. The minimum atomic E-state index is -0.707. The number of aliphatic hydroxyl groups is 1. The van der Waals surface area contributed by atoms with Gasteiger partial charge in [-0.2, -0.15) is 5.26 Å². The van der Waals surface area contributed by atoms with E-state index < -0.39 is 6.10 Å². The SMILES string of the molecule is Cc1ccc(C(O)c2cncc(-c3ccc(C#N)cc3)c2)cc1. The molecule has 0 aliphatic heterocycles. The summed E-state index contributed by atoms with van der Waals surface area (Å²) < 4.78 is 0. The first-order chi connectivity index (χ1) is 11.2. The molecule has 0 bridgehead atoms. The summed E-state index contributed by atoms with van der Waals surface area (Å²) in [5.74, 6) is 0. The molecule has 0 saturated carbocycles. The minimum Gasteiger partial charge on any atom is -0.384 e. The third-order valence-corrected chi connectivity index (χ3v) is 3.82. The van der Waals surface area contributed by atoms with E-state index in [1.165, 1.54) is 0 Å². The van der Waals surface area contributed by atoms with Crippen LogP contribution < -0.4 is 0 Å². The molecule has 0 saturated heterocycles. The van der Waals surface area contributed by atoms with E-state index >= 15 is 0 Å². The Bertz CT molecular complexity index is 846. The molecule has 0 amide bonds. The highest BCUT2D eigenvalue weighted by Gasteiger charge is 2.11. The Hall–Kier alpha value is -2.96. The number of aryl methyl sites for hydroxylation is 1. The Morgan fingerprint density at radius 1 is 0.913 bits per heavy atom. The van der Waals surface area contributed by atoms with Crippen molar-refractivity contribution in [2.24, 2.45) is 0 Å². The van der Waals surface area contributed by atoms with Crippen molar-refractivity contribution in [3.8, 4) is 17.2 Å². The van der Waals surface area contributed by atoms with Crippen LogP contribution in [-0.4, -0.2) is 10.1 Å². The highest BCUT2D eigenvalue weighted by Crippen LogP contribution is 2.26. The van der Waals surface area contributed by atoms with Crippen molar-refractivity contribution in [2.75, 3.05) is 0 Å². The van der Waals surface area contributed by atoms with E-state index in [0.717, 1.165) is 27.8 Å². The summed E-state index contributed by atoms with van der Waals surface area (Å²) in [7, 11) is 0. The van der Waals surface area contributed by atoms with Gasteiger partial charge in [0.25, 0.3) is 0 Å². The van der Waals surface area contributed by atoms with Gasteiger partial charge in [-0.3, -0.25) is 4.98 Å². The van der Waals surface area contributed by atoms with Crippen LogP contribution in [0.15, 0.2) is 67.0 Å². The van der Waals surface area contributed by atoms with Gasteiger partial charge in [0.1, 0.15) is 6.10 Å². The van der Waals surface area contributed by atoms with Crippen LogP contribution in [0.25, 0.3) is 11.1 Å². The van der Waals surface area contributed by atoms with Crippen LogP contribution in [0.3, 0.4) is 0 Å². The number of hydrogen-bond donors (Lipinski definition) is 1. The highest BCUT2D eigenvalue weighted by atomic mass is 16.3. The lowest BCUT2D eigenvalue weighted by molar-refractivity contribution is 0.220. The maximum Gasteiger partial charge on any atom is 0.106 e. The molecule has 0 aliphatic rings. The van der Waals surface area contributed by atoms with Gasteiger partial charge in [0.2, 0.25) is 0 Å². The number of aromatic nitrogens is 1. The summed E-state index contributed by atoms with van der Waals surface area (Å²) in [6, 6.07) is 19.2. The second-order valence-electron chi connectivity index (χ2n) is 5.51. The first kappa shape index (κ1) is 15.0. The molecule has 3 nitrogen and oxygen atoms in total. The molecular formula is C20H16N2O. The first-order valence-electron chi connectivity index (χ1n) is 7.37. The summed E-state index contributed by atoms with van der Waals surface area (Å²) >= 11 is 0. The number of benzene rings is 2. The van der Waals surface area contributed by atoms with Crippen LogP contribution in [0, 0.1) is 18.3 Å². The lowest BCUT2D eigenvalue weighted by atomic mass is 9.98. The van der Waals surface area contributed by atoms with Crippen LogP contribution >= 0.6 is 0 Å². The molecule has 1 unspecified atom stereocenters. The minimum absolute atomic E-state index is 0.623. The zero-order valence-corrected chi connectivity index (χ0v) is 12.8. The molecule has 0 aliphatic carbocycles. The topological polar surface area (TPSA) is 56.9 Å². The monoisotopic (exact) mass is 300 g/mol. The first-order valence-corrected chi connectivity index (χ1v) is 7.37. The number of nitriles is 1. The standard InChI is InChI=1S/C20H16N2O/c1-14-2-6-17(7-3-14)20(23)19-10-18(12-22-13-19)16-8-4-15(11-21)5-9-16/h2-10,12-13,20,23H,1H3. The Morgan fingerprint density at radius 2 is 1.61 bits per heavy atom. The second kappa shape index (κ2) is 6.43. The van der Waals surface area contributed by atoms with Crippen LogP contribution in [0.4, 0.5) is 0 Å². The molecule has 23 heavy (non-hydrogen) atoms. The van der Waals surface area contributed by atoms with E-state index in [9.17, 15) is 5.11 Å². The number of hydrogen-bond acceptors (Lipinski definition) is 3. The molecule has 1 atom stereocenters. The van der Waals surface area contributed by atoms with E-state index in [2.05, 4.69) is 11.1 Å². The number of aliphatic hydroxyl groups excluding tert-OH is 1. The van der Waals surface area contributed by atoms with Gasteiger partial charge >= 0.3 is 0 Å². The smallest absolute Gasteiger partial charge is 0.106 e. The third kappa shape index (κ3) is 3.28. The van der Waals surface area contributed by atoms with Gasteiger partial charge in [-0.15, -0.1) is 0 Å². The fraction of sp³-hybridized carbons (Fsp3) is 0.100. The maximum atomic E-state index is 10.6. The van der Waals surface area contributed by atoms with Crippen molar-refractivity contribution in [2.45, 2.75) is 13.0 Å². The van der Waals surface area contributed by atoms with E-state index in [1.54, 1.807) is 24.5 Å². The Labute approximate surface area is 135 Å². The van der Waals surface area contributed by atoms with Crippen molar-refractivity contribution >= 4 is 0 Å². The van der Waals surface area contributed by atoms with Crippen molar-refractivity contribution < 1.29 is 5.11 Å². The van der Waals surface area contributed by atoms with Crippen LogP contribution in [0.1, 0.15) is 28.4 Å². The van der Waals surface area contributed by atoms with Crippen LogP contribution in [-0.2, 0) is 0 Å². The van der Waals surface area contributed by atoms with Gasteiger partial charge < -0.3 is 5.11 Å². The maximum absolute atomic E-state index is 10.6. The fourth-order valence-electron chi connectivity index (χ4n) is 2.44. The van der Waals surface area contributed by atoms with Crippen molar-refractivity contribution in [1.82, 2.24) is 4.98 Å². The summed E-state index contributed by atoms with van der Waals surface area (Å²) in [6.07, 6.45) is 2.73. The average Bonchev–Trinajstić information content (AvgIpc) is 2.62. The van der Waals surface area contributed by atoms with Crippen LogP contribution in [0.5, 0.6) is 0 Å². The fourth-order valence-corrected chi connectivity index (χ4v) is 2.44. The lowest BCUT2D eigenvalue weighted by Gasteiger charge is -2.13. The molecule has 0 radical (unpaired) electrons. The summed E-state index contributed by atoms with van der Waals surface area (Å²) in [5, 5.41) is 19.4. The van der Waals surface area contributed by atoms with Crippen LogP contribution in [0.2, 0.25) is 0 Å². The largest absolute Gasteiger partial charge is 0.384 e. The normalized spacial score (nSPS) is 11.7. The molecule has 1 aromatic heterocycles. The lowest BCUT2D eigenvalue weighted by Crippen LogP contribution is -2.00. The molecular weight excluding hydrogens is 284 g/mol. The average molecular weight is 300 g/mol. The van der Waals surface area contributed by atoms with Crippen molar-refractivity contribution in [3.63, 3.8) is 0 Å². The quantitative estimate of drug-likeness (QED) is 0.795.